The van der Waals surface area contributed by atoms with Gasteiger partial charge in [-0.1, -0.05) is 12.1 Å². The third-order valence-corrected chi connectivity index (χ3v) is 6.34. The van der Waals surface area contributed by atoms with Gasteiger partial charge in [0.05, 0.1) is 25.2 Å². The molecule has 0 saturated carbocycles. The third kappa shape index (κ3) is 5.48. The van der Waals surface area contributed by atoms with Crippen LogP contribution in [0.1, 0.15) is 35.7 Å². The van der Waals surface area contributed by atoms with Gasteiger partial charge in [0.2, 0.25) is 5.91 Å². The Morgan fingerprint density at radius 2 is 1.77 bits per heavy atom. The van der Waals surface area contributed by atoms with Crippen molar-refractivity contribution in [3.05, 3.63) is 53.6 Å². The highest BCUT2D eigenvalue weighted by Crippen LogP contribution is 2.30. The van der Waals surface area contributed by atoms with Crippen LogP contribution in [0.4, 0.5) is 5.69 Å². The molecule has 0 aromatic heterocycles. The van der Waals surface area contributed by atoms with Crippen molar-refractivity contribution in [2.75, 3.05) is 32.6 Å². The molecule has 1 N–H and O–H groups in total. The van der Waals surface area contributed by atoms with E-state index in [1.807, 2.05) is 36.1 Å². The second-order valence-corrected chi connectivity index (χ2v) is 8.53. The summed E-state index contributed by atoms with van der Waals surface area (Å²) in [6.45, 7) is 3.57. The summed E-state index contributed by atoms with van der Waals surface area (Å²) in [6.07, 6.45) is 2.17. The van der Waals surface area contributed by atoms with Gasteiger partial charge in [0.15, 0.2) is 0 Å². The lowest BCUT2D eigenvalue weighted by Crippen LogP contribution is -2.27. The Hall–Kier alpha value is -2.67. The zero-order valence-electron chi connectivity index (χ0n) is 17.6. The Kier molecular flexibility index (Phi) is 7.63. The molecule has 7 heteroatoms. The van der Waals surface area contributed by atoms with Gasteiger partial charge in [-0.25, -0.2) is 0 Å². The molecule has 2 aromatic rings. The number of ether oxygens (including phenoxy) is 2. The molecular formula is C23H28N2O4S. The largest absolute Gasteiger partial charge is 0.497 e. The van der Waals surface area contributed by atoms with E-state index in [0.717, 1.165) is 37.1 Å². The van der Waals surface area contributed by atoms with Crippen molar-refractivity contribution in [3.63, 3.8) is 0 Å². The average Bonchev–Trinajstić information content (AvgIpc) is 3.32. The molecule has 1 unspecified atom stereocenters. The van der Waals surface area contributed by atoms with Gasteiger partial charge in [0.1, 0.15) is 11.5 Å². The van der Waals surface area contributed by atoms with Gasteiger partial charge in [-0.15, -0.1) is 11.8 Å². The van der Waals surface area contributed by atoms with Gasteiger partial charge in [-0.2, -0.15) is 0 Å². The first-order chi connectivity index (χ1) is 14.5. The monoisotopic (exact) mass is 428 g/mol. The molecule has 1 heterocycles. The minimum Gasteiger partial charge on any atom is -0.497 e. The quantitative estimate of drug-likeness (QED) is 0.683. The molecule has 0 radical (unpaired) electrons. The van der Waals surface area contributed by atoms with Crippen molar-refractivity contribution in [2.24, 2.45) is 0 Å². The number of benzene rings is 2. The summed E-state index contributed by atoms with van der Waals surface area (Å²) < 4.78 is 10.5. The summed E-state index contributed by atoms with van der Waals surface area (Å²) >= 11 is 1.54. The van der Waals surface area contributed by atoms with E-state index in [1.54, 1.807) is 44.2 Å². The third-order valence-electron chi connectivity index (χ3n) is 5.13. The van der Waals surface area contributed by atoms with E-state index in [1.165, 1.54) is 0 Å². The summed E-state index contributed by atoms with van der Waals surface area (Å²) in [6, 6.07) is 13.0. The Morgan fingerprint density at radius 1 is 1.07 bits per heavy atom. The van der Waals surface area contributed by atoms with Crippen LogP contribution in [0.5, 0.6) is 11.5 Å². The standard InChI is InChI=1S/C23H28N2O4S/c1-16(22(26)24-20-14-19(28-2)10-11-21(20)29-3)30-15-17-6-8-18(9-7-17)23(27)25-12-4-5-13-25/h6-11,14,16H,4-5,12-13,15H2,1-3H3,(H,24,26). The smallest absolute Gasteiger partial charge is 0.253 e. The van der Waals surface area contributed by atoms with E-state index in [0.29, 0.717) is 22.9 Å². The summed E-state index contributed by atoms with van der Waals surface area (Å²) in [4.78, 5) is 27.0. The SMILES string of the molecule is COc1ccc(OC)c(NC(=O)C(C)SCc2ccc(C(=O)N3CCCC3)cc2)c1. The second-order valence-electron chi connectivity index (χ2n) is 7.20. The van der Waals surface area contributed by atoms with E-state index in [-0.39, 0.29) is 17.1 Å². The topological polar surface area (TPSA) is 67.9 Å². The number of rotatable bonds is 8. The van der Waals surface area contributed by atoms with Crippen molar-refractivity contribution in [2.45, 2.75) is 30.8 Å². The van der Waals surface area contributed by atoms with Crippen molar-refractivity contribution in [3.8, 4) is 11.5 Å². The minimum atomic E-state index is -0.258. The van der Waals surface area contributed by atoms with Crippen LogP contribution in [0.25, 0.3) is 0 Å². The fourth-order valence-corrected chi connectivity index (χ4v) is 4.13. The molecule has 2 aromatic carbocycles. The summed E-state index contributed by atoms with van der Waals surface area (Å²) in [5.74, 6) is 1.91. The maximum atomic E-state index is 12.6. The molecule has 160 valence electrons. The van der Waals surface area contributed by atoms with Crippen LogP contribution in [0, 0.1) is 0 Å². The number of amides is 2. The second kappa shape index (κ2) is 10.4. The van der Waals surface area contributed by atoms with Gasteiger partial charge in [-0.05, 0) is 49.6 Å². The summed E-state index contributed by atoms with van der Waals surface area (Å²) in [7, 11) is 3.14. The van der Waals surface area contributed by atoms with E-state index >= 15 is 0 Å². The zero-order chi connectivity index (χ0) is 21.5. The Labute approximate surface area is 181 Å². The molecule has 3 rings (SSSR count). The number of nitrogens with zero attached hydrogens (tertiary/aromatic N) is 1. The molecule has 1 saturated heterocycles. The van der Waals surface area contributed by atoms with Gasteiger partial charge in [0.25, 0.3) is 5.91 Å². The van der Waals surface area contributed by atoms with E-state index in [2.05, 4.69) is 5.32 Å². The van der Waals surface area contributed by atoms with Crippen LogP contribution in [0.3, 0.4) is 0 Å². The number of carbonyl (C=O) groups excluding carboxylic acids is 2. The number of likely N-dealkylation sites (tertiary alicyclic amines) is 1. The molecule has 1 atom stereocenters. The lowest BCUT2D eigenvalue weighted by atomic mass is 10.1. The van der Waals surface area contributed by atoms with Gasteiger partial charge in [0, 0.05) is 30.5 Å². The first-order valence-corrected chi connectivity index (χ1v) is 11.1. The van der Waals surface area contributed by atoms with Crippen LogP contribution in [-0.2, 0) is 10.5 Å². The minimum absolute atomic E-state index is 0.103. The molecule has 1 aliphatic heterocycles. The molecular weight excluding hydrogens is 400 g/mol. The van der Waals surface area contributed by atoms with Crippen LogP contribution in [0.2, 0.25) is 0 Å². The van der Waals surface area contributed by atoms with Crippen molar-refractivity contribution < 1.29 is 19.1 Å². The zero-order valence-corrected chi connectivity index (χ0v) is 18.5. The van der Waals surface area contributed by atoms with Gasteiger partial charge < -0.3 is 19.7 Å². The Bertz CT molecular complexity index is 879. The summed E-state index contributed by atoms with van der Waals surface area (Å²) in [5.41, 5.74) is 2.39. The molecule has 1 aliphatic rings. The van der Waals surface area contributed by atoms with E-state index < -0.39 is 0 Å². The molecule has 0 spiro atoms. The van der Waals surface area contributed by atoms with Crippen LogP contribution < -0.4 is 14.8 Å². The maximum Gasteiger partial charge on any atom is 0.253 e. The molecule has 0 bridgehead atoms. The first kappa shape index (κ1) is 22.0. The molecule has 6 nitrogen and oxygen atoms in total. The lowest BCUT2D eigenvalue weighted by molar-refractivity contribution is -0.115. The lowest BCUT2D eigenvalue weighted by Gasteiger charge is -2.16. The number of hydrogen-bond donors (Lipinski definition) is 1. The van der Waals surface area contributed by atoms with Crippen molar-refractivity contribution in [1.82, 2.24) is 4.90 Å². The molecule has 1 fully saturated rings. The fraction of sp³-hybridized carbons (Fsp3) is 0.391. The van der Waals surface area contributed by atoms with Gasteiger partial charge in [-0.3, -0.25) is 9.59 Å². The number of carbonyl (C=O) groups is 2. The van der Waals surface area contributed by atoms with Crippen molar-refractivity contribution in [1.29, 1.82) is 0 Å². The highest BCUT2D eigenvalue weighted by molar-refractivity contribution is 7.99. The normalized spacial score (nSPS) is 14.3. The number of thioether (sulfide) groups is 1. The first-order valence-electron chi connectivity index (χ1n) is 10.0. The number of hydrogen-bond acceptors (Lipinski definition) is 5. The van der Waals surface area contributed by atoms with Gasteiger partial charge >= 0.3 is 0 Å². The molecule has 30 heavy (non-hydrogen) atoms. The average molecular weight is 429 g/mol. The van der Waals surface area contributed by atoms with Crippen LogP contribution in [0.15, 0.2) is 42.5 Å². The maximum absolute atomic E-state index is 12.6. The van der Waals surface area contributed by atoms with E-state index in [9.17, 15) is 9.59 Å². The summed E-state index contributed by atoms with van der Waals surface area (Å²) in [5, 5.41) is 2.65. The van der Waals surface area contributed by atoms with Crippen molar-refractivity contribution >= 4 is 29.3 Å². The molecule has 2 amide bonds. The predicted molar refractivity (Wildman–Crippen MR) is 121 cm³/mol. The predicted octanol–water partition coefficient (Wildman–Crippen LogP) is 4.20. The fourth-order valence-electron chi connectivity index (χ4n) is 3.29. The Morgan fingerprint density at radius 3 is 2.40 bits per heavy atom. The Balaban J connectivity index is 1.54. The number of methoxy groups -OCH3 is 2. The number of anilines is 1. The molecule has 0 aliphatic carbocycles. The number of nitrogens with one attached hydrogen (secondary N) is 1. The highest BCUT2D eigenvalue weighted by atomic mass is 32.2. The van der Waals surface area contributed by atoms with E-state index in [4.69, 9.17) is 9.47 Å². The highest BCUT2D eigenvalue weighted by Gasteiger charge is 2.20. The van der Waals surface area contributed by atoms with Crippen LogP contribution in [-0.4, -0.2) is 49.3 Å². The van der Waals surface area contributed by atoms with Crippen LogP contribution >= 0.6 is 11.8 Å².